The van der Waals surface area contributed by atoms with Crippen LogP contribution in [-0.4, -0.2) is 20.6 Å². The number of benzene rings is 2. The van der Waals surface area contributed by atoms with Crippen molar-refractivity contribution in [2.45, 2.75) is 0 Å². The molecular weight excluding hydrogens is 339 g/mol. The van der Waals surface area contributed by atoms with Crippen LogP contribution in [0.3, 0.4) is 0 Å². The van der Waals surface area contributed by atoms with E-state index in [1.54, 1.807) is 22.8 Å². The highest BCUT2D eigenvalue weighted by molar-refractivity contribution is 9.10. The van der Waals surface area contributed by atoms with Gasteiger partial charge >= 0.3 is 5.97 Å². The van der Waals surface area contributed by atoms with Crippen molar-refractivity contribution in [1.29, 1.82) is 0 Å². The molecule has 0 spiro atoms. The van der Waals surface area contributed by atoms with Crippen LogP contribution in [-0.2, 0) is 7.05 Å². The zero-order chi connectivity index (χ0) is 15.1. The molecule has 0 amide bonds. The summed E-state index contributed by atoms with van der Waals surface area (Å²) in [6.07, 6.45) is 0. The van der Waals surface area contributed by atoms with Gasteiger partial charge in [0, 0.05) is 12.6 Å². The van der Waals surface area contributed by atoms with Crippen LogP contribution in [0.1, 0.15) is 10.4 Å². The summed E-state index contributed by atoms with van der Waals surface area (Å²) in [5.41, 5.74) is 2.13. The summed E-state index contributed by atoms with van der Waals surface area (Å²) in [7, 11) is 1.81. The zero-order valence-electron chi connectivity index (χ0n) is 11.0. The molecule has 3 rings (SSSR count). The molecule has 21 heavy (non-hydrogen) atoms. The molecule has 0 saturated carbocycles. The van der Waals surface area contributed by atoms with Gasteiger partial charge in [-0.15, -0.1) is 0 Å². The summed E-state index contributed by atoms with van der Waals surface area (Å²) in [4.78, 5) is 15.4. The normalized spacial score (nSPS) is 11.0. The summed E-state index contributed by atoms with van der Waals surface area (Å²) in [6.45, 7) is 0. The lowest BCUT2D eigenvalue weighted by atomic mass is 10.2. The van der Waals surface area contributed by atoms with Crippen molar-refractivity contribution in [3.8, 4) is 11.4 Å². The summed E-state index contributed by atoms with van der Waals surface area (Å²) in [5.74, 6) is -0.805. The number of hydrogen-bond donors (Lipinski definition) is 1. The number of aryl methyl sites for hydroxylation is 1. The van der Waals surface area contributed by atoms with Gasteiger partial charge < -0.3 is 9.67 Å². The number of hydrogen-bond acceptors (Lipinski definition) is 2. The highest BCUT2D eigenvalue weighted by Crippen LogP contribution is 2.31. The number of aromatic nitrogens is 2. The molecule has 1 heterocycles. The minimum Gasteiger partial charge on any atom is -0.478 e. The second-order valence-electron chi connectivity index (χ2n) is 4.60. The molecule has 0 fully saturated rings. The first-order valence-corrected chi connectivity index (χ1v) is 6.92. The van der Waals surface area contributed by atoms with Gasteiger partial charge in [0.05, 0.1) is 21.1 Å². The van der Waals surface area contributed by atoms with Gasteiger partial charge in [-0.05, 0) is 46.3 Å². The van der Waals surface area contributed by atoms with Gasteiger partial charge in [-0.3, -0.25) is 0 Å². The van der Waals surface area contributed by atoms with Crippen LogP contribution in [0.15, 0.2) is 40.9 Å². The van der Waals surface area contributed by atoms with Crippen molar-refractivity contribution in [3.05, 3.63) is 52.3 Å². The summed E-state index contributed by atoms with van der Waals surface area (Å²) in [5, 5.41) is 9.03. The molecule has 1 aromatic heterocycles. The Hall–Kier alpha value is -2.21. The van der Waals surface area contributed by atoms with Crippen LogP contribution in [0.25, 0.3) is 22.4 Å². The largest absolute Gasteiger partial charge is 0.478 e. The molecule has 0 atom stereocenters. The fraction of sp³-hybridized carbons (Fsp3) is 0.0667. The zero-order valence-corrected chi connectivity index (χ0v) is 12.6. The van der Waals surface area contributed by atoms with Crippen molar-refractivity contribution in [2.75, 3.05) is 0 Å². The Labute approximate surface area is 128 Å². The number of nitrogens with zero attached hydrogens (tertiary/aromatic N) is 2. The maximum Gasteiger partial charge on any atom is 0.335 e. The van der Waals surface area contributed by atoms with Crippen molar-refractivity contribution >= 4 is 32.9 Å². The molecule has 2 aromatic carbocycles. The van der Waals surface area contributed by atoms with Crippen LogP contribution in [0.5, 0.6) is 0 Å². The first kappa shape index (κ1) is 13.8. The quantitative estimate of drug-likeness (QED) is 0.765. The van der Waals surface area contributed by atoms with Crippen LogP contribution in [0.4, 0.5) is 4.39 Å². The molecule has 0 radical (unpaired) electrons. The van der Waals surface area contributed by atoms with Gasteiger partial charge in [0.1, 0.15) is 11.6 Å². The van der Waals surface area contributed by atoms with Crippen molar-refractivity contribution < 1.29 is 14.3 Å². The van der Waals surface area contributed by atoms with Crippen LogP contribution in [0.2, 0.25) is 0 Å². The molecule has 0 aliphatic carbocycles. The highest BCUT2D eigenvalue weighted by atomic mass is 79.9. The molecule has 0 aliphatic rings. The molecule has 6 heteroatoms. The van der Waals surface area contributed by atoms with Crippen molar-refractivity contribution in [3.63, 3.8) is 0 Å². The monoisotopic (exact) mass is 348 g/mol. The summed E-state index contributed by atoms with van der Waals surface area (Å²) >= 11 is 3.22. The summed E-state index contributed by atoms with van der Waals surface area (Å²) < 4.78 is 15.8. The van der Waals surface area contributed by atoms with E-state index in [-0.39, 0.29) is 11.4 Å². The van der Waals surface area contributed by atoms with Gasteiger partial charge in [0.15, 0.2) is 0 Å². The van der Waals surface area contributed by atoms with Crippen molar-refractivity contribution in [1.82, 2.24) is 9.55 Å². The summed E-state index contributed by atoms with van der Waals surface area (Å²) in [6, 6.07) is 9.45. The number of carboxylic acids is 1. The van der Waals surface area contributed by atoms with Crippen LogP contribution >= 0.6 is 15.9 Å². The number of halogens is 2. The molecule has 1 N–H and O–H groups in total. The Morgan fingerprint density at radius 2 is 2.10 bits per heavy atom. The maximum atomic E-state index is 13.7. The average molecular weight is 349 g/mol. The van der Waals surface area contributed by atoms with E-state index >= 15 is 0 Å². The van der Waals surface area contributed by atoms with E-state index in [9.17, 15) is 9.18 Å². The number of carbonyl (C=O) groups is 1. The van der Waals surface area contributed by atoms with Crippen LogP contribution < -0.4 is 0 Å². The highest BCUT2D eigenvalue weighted by Gasteiger charge is 2.15. The minimum atomic E-state index is -1.00. The molecule has 0 saturated heterocycles. The van der Waals surface area contributed by atoms with E-state index in [4.69, 9.17) is 5.11 Å². The standard InChI is InChI=1S/C15H10BrFN2O2/c1-19-12-6-5-8(15(20)21)7-11(12)18-14(19)9-3-2-4-10(17)13(9)16/h2-7H,1H3,(H,20,21). The molecule has 4 nitrogen and oxygen atoms in total. The van der Waals surface area contributed by atoms with Crippen LogP contribution in [0, 0.1) is 5.82 Å². The van der Waals surface area contributed by atoms with E-state index < -0.39 is 5.97 Å². The SMILES string of the molecule is Cn1c(-c2cccc(F)c2Br)nc2cc(C(=O)O)ccc21. The Morgan fingerprint density at radius 1 is 1.33 bits per heavy atom. The van der Waals surface area contributed by atoms with Gasteiger partial charge in [-0.2, -0.15) is 0 Å². The first-order chi connectivity index (χ1) is 9.99. The van der Waals surface area contributed by atoms with E-state index in [0.29, 0.717) is 21.4 Å². The second kappa shape index (κ2) is 4.96. The number of carboxylic acid groups (broad SMARTS) is 1. The van der Waals surface area contributed by atoms with Gasteiger partial charge in [-0.25, -0.2) is 14.2 Å². The molecule has 106 valence electrons. The molecule has 3 aromatic rings. The number of aromatic carboxylic acids is 1. The number of rotatable bonds is 2. The molecule has 0 bridgehead atoms. The van der Waals surface area contributed by atoms with E-state index in [1.165, 1.54) is 18.2 Å². The molecule has 0 unspecified atom stereocenters. The fourth-order valence-electron chi connectivity index (χ4n) is 2.25. The Kier molecular flexibility index (Phi) is 3.25. The van der Waals surface area contributed by atoms with Gasteiger partial charge in [0.25, 0.3) is 0 Å². The Morgan fingerprint density at radius 3 is 2.81 bits per heavy atom. The molecule has 0 aliphatic heterocycles. The third-order valence-electron chi connectivity index (χ3n) is 3.32. The number of fused-ring (bicyclic) bond motifs is 1. The smallest absolute Gasteiger partial charge is 0.335 e. The van der Waals surface area contributed by atoms with Gasteiger partial charge in [0.2, 0.25) is 0 Å². The topological polar surface area (TPSA) is 55.1 Å². The minimum absolute atomic E-state index is 0.172. The third-order valence-corrected chi connectivity index (χ3v) is 4.13. The van der Waals surface area contributed by atoms with E-state index in [0.717, 1.165) is 5.52 Å². The predicted molar refractivity (Wildman–Crippen MR) is 80.8 cm³/mol. The Balaban J connectivity index is 2.26. The first-order valence-electron chi connectivity index (χ1n) is 6.13. The fourth-order valence-corrected chi connectivity index (χ4v) is 2.69. The van der Waals surface area contributed by atoms with Gasteiger partial charge in [-0.1, -0.05) is 6.07 Å². The lowest BCUT2D eigenvalue weighted by Gasteiger charge is -2.05. The Bertz CT molecular complexity index is 873. The average Bonchev–Trinajstić information content (AvgIpc) is 2.78. The van der Waals surface area contributed by atoms with Crippen molar-refractivity contribution in [2.24, 2.45) is 7.05 Å². The number of imidazole rings is 1. The van der Waals surface area contributed by atoms with E-state index in [2.05, 4.69) is 20.9 Å². The van der Waals surface area contributed by atoms with E-state index in [1.807, 2.05) is 7.05 Å². The molecular formula is C15H10BrFN2O2. The third kappa shape index (κ3) is 2.21. The lowest BCUT2D eigenvalue weighted by molar-refractivity contribution is 0.0697. The second-order valence-corrected chi connectivity index (χ2v) is 5.40. The maximum absolute atomic E-state index is 13.7. The lowest BCUT2D eigenvalue weighted by Crippen LogP contribution is -1.96. The predicted octanol–water partition coefficient (Wildman–Crippen LogP) is 3.84.